The minimum absolute atomic E-state index is 0.0352. The minimum atomic E-state index is -0.0352. The first-order valence-corrected chi connectivity index (χ1v) is 8.11. The van der Waals surface area contributed by atoms with Crippen LogP contribution >= 0.6 is 0 Å². The maximum atomic E-state index is 12.0. The number of nitrogens with zero attached hydrogens (tertiary/aromatic N) is 1. The number of H-pyrrole nitrogens is 1. The third kappa shape index (κ3) is 1.98. The number of likely N-dealkylation sites (N-methyl/N-ethyl adjacent to an activating group) is 1. The summed E-state index contributed by atoms with van der Waals surface area (Å²) in [5.41, 5.74) is 6.03. The van der Waals surface area contributed by atoms with Crippen molar-refractivity contribution in [3.05, 3.63) is 35.0 Å². The number of ketones is 1. The quantitative estimate of drug-likeness (QED) is 0.927. The molecule has 1 aliphatic carbocycles. The molecule has 1 aromatic heterocycles. The van der Waals surface area contributed by atoms with Crippen molar-refractivity contribution in [2.24, 2.45) is 5.92 Å². The number of nitrogens with one attached hydrogen (secondary N) is 1. The molecule has 0 radical (unpaired) electrons. The number of carbonyl (C=O) groups excluding carboxylic acids is 1. The molecule has 1 aromatic carbocycles. The number of hydrogen-bond acceptors (Lipinski definition) is 3. The summed E-state index contributed by atoms with van der Waals surface area (Å²) in [5.74, 6) is 1.13. The molecule has 120 valence electrons. The lowest BCUT2D eigenvalue weighted by Crippen LogP contribution is -2.44. The van der Waals surface area contributed by atoms with E-state index in [-0.39, 0.29) is 11.7 Å². The Balaban J connectivity index is 2.05. The lowest BCUT2D eigenvalue weighted by Gasteiger charge is -2.39. The third-order valence-corrected chi connectivity index (χ3v) is 5.37. The summed E-state index contributed by atoms with van der Waals surface area (Å²) < 4.78 is 5.76. The standard InChI is InChI=1S/C19H22N2O2/c1-10-5-15-17-12(8-20-15)7-16-14(18(17)19(10)23-4)6-13(11(2)22)9-21(16)3/h5-6,8,13,16,20H,7,9H2,1-4H3/t13-,16-/m1/s1. The first-order valence-electron chi connectivity index (χ1n) is 8.11. The van der Waals surface area contributed by atoms with E-state index in [0.717, 1.165) is 29.8 Å². The first kappa shape index (κ1) is 14.5. The van der Waals surface area contributed by atoms with Crippen LogP contribution in [0.15, 0.2) is 18.3 Å². The fourth-order valence-corrected chi connectivity index (χ4v) is 4.21. The minimum Gasteiger partial charge on any atom is -0.496 e. The van der Waals surface area contributed by atoms with Gasteiger partial charge < -0.3 is 9.72 Å². The van der Waals surface area contributed by atoms with Crippen molar-refractivity contribution in [3.8, 4) is 5.75 Å². The normalized spacial score (nSPS) is 23.6. The number of Topliss-reactive ketones (excluding diaryl/α,β-unsaturated/α-hetero) is 1. The largest absolute Gasteiger partial charge is 0.496 e. The predicted molar refractivity (Wildman–Crippen MR) is 91.9 cm³/mol. The van der Waals surface area contributed by atoms with E-state index in [1.165, 1.54) is 22.1 Å². The Kier molecular flexibility index (Phi) is 3.13. The smallest absolute Gasteiger partial charge is 0.137 e. The highest BCUT2D eigenvalue weighted by atomic mass is 16.5. The van der Waals surface area contributed by atoms with Gasteiger partial charge in [0.05, 0.1) is 7.11 Å². The van der Waals surface area contributed by atoms with Gasteiger partial charge in [-0.05, 0) is 50.1 Å². The number of hydrogen-bond donors (Lipinski definition) is 1. The van der Waals surface area contributed by atoms with Crippen molar-refractivity contribution in [1.82, 2.24) is 9.88 Å². The molecule has 2 aliphatic rings. The molecule has 0 saturated carbocycles. The summed E-state index contributed by atoms with van der Waals surface area (Å²) in [6, 6.07) is 2.46. The fourth-order valence-electron chi connectivity index (χ4n) is 4.21. The Bertz CT molecular complexity index is 847. The number of aryl methyl sites for hydroxylation is 1. The van der Waals surface area contributed by atoms with Gasteiger partial charge in [0.15, 0.2) is 0 Å². The number of benzene rings is 1. The number of rotatable bonds is 2. The SMILES string of the molecule is COc1c(C)cc2[nH]cc3c2c1C1=C[C@@H](C(C)=O)CN(C)[C@@H]1C3. The molecule has 0 amide bonds. The summed E-state index contributed by atoms with van der Waals surface area (Å²) in [4.78, 5) is 17.7. The van der Waals surface area contributed by atoms with Gasteiger partial charge in [-0.15, -0.1) is 0 Å². The summed E-state index contributed by atoms with van der Waals surface area (Å²) in [5, 5.41) is 1.26. The Morgan fingerprint density at radius 2 is 2.22 bits per heavy atom. The predicted octanol–water partition coefficient (Wildman–Crippen LogP) is 2.94. The van der Waals surface area contributed by atoms with Crippen molar-refractivity contribution in [1.29, 1.82) is 0 Å². The van der Waals surface area contributed by atoms with Crippen molar-refractivity contribution in [2.45, 2.75) is 26.3 Å². The number of methoxy groups -OCH3 is 1. The van der Waals surface area contributed by atoms with Crippen molar-refractivity contribution < 1.29 is 9.53 Å². The summed E-state index contributed by atoms with van der Waals surface area (Å²) in [7, 11) is 3.85. The van der Waals surface area contributed by atoms with Gasteiger partial charge in [-0.1, -0.05) is 6.08 Å². The van der Waals surface area contributed by atoms with E-state index in [4.69, 9.17) is 4.74 Å². The molecule has 0 saturated heterocycles. The van der Waals surface area contributed by atoms with E-state index >= 15 is 0 Å². The van der Waals surface area contributed by atoms with Crippen LogP contribution in [0.25, 0.3) is 16.5 Å². The summed E-state index contributed by atoms with van der Waals surface area (Å²) in [6.07, 6.45) is 5.28. The van der Waals surface area contributed by atoms with E-state index in [2.05, 4.69) is 42.2 Å². The molecule has 0 fully saturated rings. The molecule has 0 unspecified atom stereocenters. The van der Waals surface area contributed by atoms with Gasteiger partial charge in [0, 0.05) is 41.2 Å². The first-order chi connectivity index (χ1) is 11.0. The lowest BCUT2D eigenvalue weighted by molar-refractivity contribution is -0.120. The Morgan fingerprint density at radius 1 is 1.43 bits per heavy atom. The van der Waals surface area contributed by atoms with Crippen molar-refractivity contribution >= 4 is 22.3 Å². The average molecular weight is 310 g/mol. The number of fused-ring (bicyclic) bond motifs is 2. The number of ether oxygens (including phenoxy) is 1. The number of carbonyl (C=O) groups is 1. The van der Waals surface area contributed by atoms with E-state index < -0.39 is 0 Å². The van der Waals surface area contributed by atoms with Gasteiger partial charge in [-0.2, -0.15) is 0 Å². The molecule has 23 heavy (non-hydrogen) atoms. The lowest BCUT2D eigenvalue weighted by atomic mass is 9.78. The van der Waals surface area contributed by atoms with Crippen LogP contribution in [0.2, 0.25) is 0 Å². The van der Waals surface area contributed by atoms with Gasteiger partial charge in [0.2, 0.25) is 0 Å². The molecule has 2 aromatic rings. The highest BCUT2D eigenvalue weighted by molar-refractivity contribution is 6.02. The summed E-state index contributed by atoms with van der Waals surface area (Å²) >= 11 is 0. The zero-order valence-electron chi connectivity index (χ0n) is 14.1. The van der Waals surface area contributed by atoms with Crippen LogP contribution in [0.4, 0.5) is 0 Å². The Hall–Kier alpha value is -2.07. The molecule has 4 nitrogen and oxygen atoms in total. The van der Waals surface area contributed by atoms with Gasteiger partial charge in [0.1, 0.15) is 11.5 Å². The van der Waals surface area contributed by atoms with Crippen LogP contribution in [0.3, 0.4) is 0 Å². The maximum absolute atomic E-state index is 12.0. The second-order valence-electron chi connectivity index (χ2n) is 6.84. The number of aromatic nitrogens is 1. The topological polar surface area (TPSA) is 45.3 Å². The van der Waals surface area contributed by atoms with Crippen LogP contribution in [-0.4, -0.2) is 42.4 Å². The van der Waals surface area contributed by atoms with Crippen LogP contribution in [0, 0.1) is 12.8 Å². The third-order valence-electron chi connectivity index (χ3n) is 5.37. The zero-order chi connectivity index (χ0) is 16.3. The van der Waals surface area contributed by atoms with Crippen LogP contribution in [0.5, 0.6) is 5.75 Å². The number of aromatic amines is 1. The zero-order valence-corrected chi connectivity index (χ0v) is 14.1. The van der Waals surface area contributed by atoms with E-state index in [9.17, 15) is 4.79 Å². The molecular formula is C19H22N2O2. The molecule has 2 atom stereocenters. The van der Waals surface area contributed by atoms with Gasteiger partial charge in [0.25, 0.3) is 0 Å². The Morgan fingerprint density at radius 3 is 2.91 bits per heavy atom. The highest BCUT2D eigenvalue weighted by Crippen LogP contribution is 2.46. The highest BCUT2D eigenvalue weighted by Gasteiger charge is 2.36. The average Bonchev–Trinajstić information content (AvgIpc) is 2.91. The molecule has 2 heterocycles. The van der Waals surface area contributed by atoms with Crippen molar-refractivity contribution in [3.63, 3.8) is 0 Å². The van der Waals surface area contributed by atoms with Crippen LogP contribution < -0.4 is 4.74 Å². The summed E-state index contributed by atoms with van der Waals surface area (Å²) in [6.45, 7) is 4.55. The molecule has 0 bridgehead atoms. The van der Waals surface area contributed by atoms with E-state index in [1.54, 1.807) is 14.0 Å². The van der Waals surface area contributed by atoms with Gasteiger partial charge >= 0.3 is 0 Å². The van der Waals surface area contributed by atoms with E-state index in [1.807, 2.05) is 0 Å². The fraction of sp³-hybridized carbons (Fsp3) is 0.421. The second kappa shape index (κ2) is 4.96. The Labute approximate surface area is 136 Å². The molecular weight excluding hydrogens is 288 g/mol. The second-order valence-corrected chi connectivity index (χ2v) is 6.84. The van der Waals surface area contributed by atoms with Gasteiger partial charge in [-0.25, -0.2) is 0 Å². The van der Waals surface area contributed by atoms with E-state index in [0.29, 0.717) is 6.04 Å². The van der Waals surface area contributed by atoms with Crippen LogP contribution in [0.1, 0.15) is 23.6 Å². The maximum Gasteiger partial charge on any atom is 0.137 e. The molecule has 1 aliphatic heterocycles. The molecule has 0 spiro atoms. The molecule has 4 rings (SSSR count). The molecule has 4 heteroatoms. The van der Waals surface area contributed by atoms with Crippen LogP contribution in [-0.2, 0) is 11.2 Å². The monoisotopic (exact) mass is 310 g/mol. The van der Waals surface area contributed by atoms with Gasteiger partial charge in [-0.3, -0.25) is 9.69 Å². The van der Waals surface area contributed by atoms with Crippen molar-refractivity contribution in [2.75, 3.05) is 20.7 Å². The molecule has 1 N–H and O–H groups in total.